The number of aromatic nitrogens is 2. The van der Waals surface area contributed by atoms with E-state index < -0.39 is 0 Å². The van der Waals surface area contributed by atoms with Crippen LogP contribution in [0.4, 0.5) is 0 Å². The van der Waals surface area contributed by atoms with Gasteiger partial charge >= 0.3 is 0 Å². The van der Waals surface area contributed by atoms with E-state index in [1.807, 2.05) is 13.8 Å². The zero-order valence-corrected chi connectivity index (χ0v) is 16.5. The molecule has 1 aliphatic carbocycles. The van der Waals surface area contributed by atoms with E-state index >= 15 is 0 Å². The lowest BCUT2D eigenvalue weighted by Crippen LogP contribution is -2.33. The molecule has 142 valence electrons. The Balaban J connectivity index is 1.66. The Morgan fingerprint density at radius 3 is 3.08 bits per heavy atom. The van der Waals surface area contributed by atoms with Crippen LogP contribution < -0.4 is 10.9 Å². The van der Waals surface area contributed by atoms with Crippen LogP contribution in [0.3, 0.4) is 0 Å². The average molecular weight is 378 g/mol. The van der Waals surface area contributed by atoms with E-state index in [-0.39, 0.29) is 24.1 Å². The van der Waals surface area contributed by atoms with Crippen LogP contribution in [0.5, 0.6) is 0 Å². The van der Waals surface area contributed by atoms with E-state index in [1.54, 1.807) is 11.3 Å². The first-order valence-electron chi connectivity index (χ1n) is 9.33. The molecule has 1 atom stereocenters. The highest BCUT2D eigenvalue weighted by Crippen LogP contribution is 2.35. The second-order valence-corrected chi connectivity index (χ2v) is 8.42. The molecule has 0 radical (unpaired) electrons. The predicted molar refractivity (Wildman–Crippen MR) is 104 cm³/mol. The molecule has 0 aliphatic heterocycles. The van der Waals surface area contributed by atoms with Crippen molar-refractivity contribution < 1.29 is 9.53 Å². The number of carbonyl (C=O) groups excluding carboxylic acids is 1. The molecule has 0 saturated carbocycles. The van der Waals surface area contributed by atoms with E-state index in [0.29, 0.717) is 19.1 Å². The largest absolute Gasteiger partial charge is 0.379 e. The number of hydrogen-bond acceptors (Lipinski definition) is 5. The average Bonchev–Trinajstić information content (AvgIpc) is 2.95. The highest BCUT2D eigenvalue weighted by atomic mass is 32.1. The number of fused-ring (bicyclic) bond motifs is 3. The lowest BCUT2D eigenvalue weighted by atomic mass is 9.89. The van der Waals surface area contributed by atoms with Crippen molar-refractivity contribution in [3.8, 4) is 0 Å². The molecule has 0 unspecified atom stereocenters. The molecule has 2 aromatic rings. The Morgan fingerprint density at radius 2 is 2.31 bits per heavy atom. The highest BCUT2D eigenvalue weighted by molar-refractivity contribution is 7.18. The SMILES string of the molecule is CC(C)OCCCNC(=O)Cn1cnc2sc3c(c2c1=O)CC[C@H](C)C3. The molecule has 7 heteroatoms. The van der Waals surface area contributed by atoms with Gasteiger partial charge in [-0.15, -0.1) is 11.3 Å². The fraction of sp³-hybridized carbons (Fsp3) is 0.632. The van der Waals surface area contributed by atoms with E-state index in [4.69, 9.17) is 4.74 Å². The molecule has 0 spiro atoms. The summed E-state index contributed by atoms with van der Waals surface area (Å²) >= 11 is 1.63. The molecular weight excluding hydrogens is 350 g/mol. The summed E-state index contributed by atoms with van der Waals surface area (Å²) in [6, 6.07) is 0. The zero-order valence-electron chi connectivity index (χ0n) is 15.7. The number of hydrogen-bond donors (Lipinski definition) is 1. The van der Waals surface area contributed by atoms with Crippen LogP contribution in [-0.2, 0) is 28.9 Å². The number of ether oxygens (including phenoxy) is 1. The minimum absolute atomic E-state index is 0.00777. The zero-order chi connectivity index (χ0) is 18.7. The molecule has 1 amide bonds. The maximum Gasteiger partial charge on any atom is 0.262 e. The minimum atomic E-state index is -0.171. The lowest BCUT2D eigenvalue weighted by Gasteiger charge is -2.17. The van der Waals surface area contributed by atoms with E-state index in [0.717, 1.165) is 41.5 Å². The van der Waals surface area contributed by atoms with Crippen molar-refractivity contribution in [2.45, 2.75) is 59.1 Å². The van der Waals surface area contributed by atoms with Crippen molar-refractivity contribution in [2.24, 2.45) is 5.92 Å². The fourth-order valence-electron chi connectivity index (χ4n) is 3.31. The van der Waals surface area contributed by atoms with Gasteiger partial charge in [0.25, 0.3) is 5.56 Å². The Bertz CT molecular complexity index is 840. The van der Waals surface area contributed by atoms with Crippen molar-refractivity contribution in [2.75, 3.05) is 13.2 Å². The first-order chi connectivity index (χ1) is 12.5. The Hall–Kier alpha value is -1.73. The van der Waals surface area contributed by atoms with Gasteiger partial charge in [-0.05, 0) is 51.0 Å². The van der Waals surface area contributed by atoms with E-state index in [2.05, 4.69) is 17.2 Å². The number of nitrogens with zero attached hydrogens (tertiary/aromatic N) is 2. The molecule has 0 saturated heterocycles. The van der Waals surface area contributed by atoms with Crippen LogP contribution in [0.25, 0.3) is 10.2 Å². The van der Waals surface area contributed by atoms with Crippen molar-refractivity contribution in [1.29, 1.82) is 0 Å². The number of rotatable bonds is 7. The minimum Gasteiger partial charge on any atom is -0.379 e. The van der Waals surface area contributed by atoms with Gasteiger partial charge in [0.05, 0.1) is 17.8 Å². The normalized spacial score (nSPS) is 16.8. The molecule has 0 aromatic carbocycles. The van der Waals surface area contributed by atoms with Crippen LogP contribution in [0.1, 0.15) is 44.1 Å². The van der Waals surface area contributed by atoms with Gasteiger partial charge in [-0.25, -0.2) is 4.98 Å². The number of thiophene rings is 1. The van der Waals surface area contributed by atoms with Gasteiger partial charge < -0.3 is 10.1 Å². The van der Waals surface area contributed by atoms with Gasteiger partial charge in [0.15, 0.2) is 0 Å². The molecular formula is C19H27N3O3S. The summed E-state index contributed by atoms with van der Waals surface area (Å²) < 4.78 is 6.87. The molecule has 0 fully saturated rings. The maximum atomic E-state index is 12.9. The van der Waals surface area contributed by atoms with Crippen molar-refractivity contribution in [3.05, 3.63) is 27.1 Å². The number of nitrogens with one attached hydrogen (secondary N) is 1. The molecule has 1 aliphatic rings. The third-order valence-corrected chi connectivity index (χ3v) is 5.85. The quantitative estimate of drug-likeness (QED) is 0.753. The first kappa shape index (κ1) is 19.0. The van der Waals surface area contributed by atoms with Gasteiger partial charge in [-0.1, -0.05) is 6.92 Å². The summed E-state index contributed by atoms with van der Waals surface area (Å²) in [5.74, 6) is 0.485. The van der Waals surface area contributed by atoms with Gasteiger partial charge in [-0.3, -0.25) is 14.2 Å². The van der Waals surface area contributed by atoms with Crippen molar-refractivity contribution in [3.63, 3.8) is 0 Å². The number of carbonyl (C=O) groups is 1. The second kappa shape index (κ2) is 8.31. The van der Waals surface area contributed by atoms with Crippen molar-refractivity contribution >= 4 is 27.5 Å². The number of amides is 1. The monoisotopic (exact) mass is 377 g/mol. The summed E-state index contributed by atoms with van der Waals surface area (Å²) in [5, 5.41) is 3.56. The van der Waals surface area contributed by atoms with Crippen molar-refractivity contribution in [1.82, 2.24) is 14.9 Å². The van der Waals surface area contributed by atoms with Gasteiger partial charge in [0.1, 0.15) is 11.4 Å². The fourth-order valence-corrected chi connectivity index (χ4v) is 4.65. The van der Waals surface area contributed by atoms with Gasteiger partial charge in [0.2, 0.25) is 5.91 Å². The Labute approximate surface area is 157 Å². The molecule has 1 N–H and O–H groups in total. The van der Waals surface area contributed by atoms with Gasteiger partial charge in [0, 0.05) is 18.0 Å². The van der Waals surface area contributed by atoms with Crippen LogP contribution in [-0.4, -0.2) is 34.7 Å². The smallest absolute Gasteiger partial charge is 0.262 e. The van der Waals surface area contributed by atoms with Crippen LogP contribution in [0.15, 0.2) is 11.1 Å². The molecule has 3 rings (SSSR count). The topological polar surface area (TPSA) is 73.2 Å². The summed E-state index contributed by atoms with van der Waals surface area (Å²) in [5.41, 5.74) is 1.06. The molecule has 2 heterocycles. The standard InChI is InChI=1S/C19H27N3O3S/c1-12(2)25-8-4-7-20-16(23)10-22-11-21-18-17(19(22)24)14-6-5-13(3)9-15(14)26-18/h11-13H,4-10H2,1-3H3,(H,20,23)/t13-/m0/s1. The van der Waals surface area contributed by atoms with Crippen LogP contribution >= 0.6 is 11.3 Å². The molecule has 26 heavy (non-hydrogen) atoms. The summed E-state index contributed by atoms with van der Waals surface area (Å²) in [7, 11) is 0. The Kier molecular flexibility index (Phi) is 6.09. The third kappa shape index (κ3) is 4.32. The second-order valence-electron chi connectivity index (χ2n) is 7.33. The maximum absolute atomic E-state index is 12.9. The van der Waals surface area contributed by atoms with Crippen LogP contribution in [0, 0.1) is 5.92 Å². The van der Waals surface area contributed by atoms with Crippen LogP contribution in [0.2, 0.25) is 0 Å². The lowest BCUT2D eigenvalue weighted by molar-refractivity contribution is -0.121. The van der Waals surface area contributed by atoms with Gasteiger partial charge in [-0.2, -0.15) is 0 Å². The molecule has 0 bridgehead atoms. The van der Waals surface area contributed by atoms with E-state index in [9.17, 15) is 9.59 Å². The predicted octanol–water partition coefficient (Wildman–Crippen LogP) is 2.51. The number of aryl methyl sites for hydroxylation is 1. The summed E-state index contributed by atoms with van der Waals surface area (Å²) in [6.45, 7) is 7.38. The molecule has 2 aromatic heterocycles. The Morgan fingerprint density at radius 1 is 1.50 bits per heavy atom. The summed E-state index contributed by atoms with van der Waals surface area (Å²) in [6.07, 6.45) is 5.51. The first-order valence-corrected chi connectivity index (χ1v) is 10.1. The molecule has 6 nitrogen and oxygen atoms in total. The van der Waals surface area contributed by atoms with E-state index in [1.165, 1.54) is 15.8 Å². The summed E-state index contributed by atoms with van der Waals surface area (Å²) in [4.78, 5) is 31.5. The highest BCUT2D eigenvalue weighted by Gasteiger charge is 2.23. The third-order valence-electron chi connectivity index (χ3n) is 4.69.